The Morgan fingerprint density at radius 3 is 2.63 bits per heavy atom. The van der Waals surface area contributed by atoms with E-state index in [4.69, 9.17) is 5.73 Å². The molecule has 19 heavy (non-hydrogen) atoms. The molecule has 0 aliphatic rings. The average Bonchev–Trinajstić information content (AvgIpc) is 2.33. The molecule has 0 unspecified atom stereocenters. The summed E-state index contributed by atoms with van der Waals surface area (Å²) in [5, 5.41) is 3.15. The van der Waals surface area contributed by atoms with Gasteiger partial charge in [0.2, 0.25) is 17.8 Å². The summed E-state index contributed by atoms with van der Waals surface area (Å²) >= 11 is 3.44. The molecule has 1 aromatic carbocycles. The summed E-state index contributed by atoms with van der Waals surface area (Å²) in [6.07, 6.45) is 0. The van der Waals surface area contributed by atoms with E-state index < -0.39 is 0 Å². The first-order valence-electron chi connectivity index (χ1n) is 5.68. The SMILES string of the molecule is Cc1ccc(Br)cc1Nc1nc(N)nc(N(C)C)n1. The first kappa shape index (κ1) is 13.5. The summed E-state index contributed by atoms with van der Waals surface area (Å²) in [6, 6.07) is 5.95. The maximum absolute atomic E-state index is 5.68. The minimum atomic E-state index is 0.189. The minimum absolute atomic E-state index is 0.189. The van der Waals surface area contributed by atoms with Gasteiger partial charge >= 0.3 is 0 Å². The van der Waals surface area contributed by atoms with Crippen molar-refractivity contribution in [3.8, 4) is 0 Å². The van der Waals surface area contributed by atoms with Gasteiger partial charge < -0.3 is 16.0 Å². The Morgan fingerprint density at radius 1 is 1.21 bits per heavy atom. The van der Waals surface area contributed by atoms with Gasteiger partial charge in [0.15, 0.2) is 0 Å². The maximum Gasteiger partial charge on any atom is 0.233 e. The van der Waals surface area contributed by atoms with E-state index in [1.807, 2.05) is 39.2 Å². The second-order valence-corrected chi connectivity index (χ2v) is 5.21. The summed E-state index contributed by atoms with van der Waals surface area (Å²) in [7, 11) is 3.70. The molecule has 0 amide bonds. The van der Waals surface area contributed by atoms with Crippen LogP contribution in [0.25, 0.3) is 0 Å². The van der Waals surface area contributed by atoms with Crippen LogP contribution in [-0.2, 0) is 0 Å². The highest BCUT2D eigenvalue weighted by Gasteiger charge is 2.07. The monoisotopic (exact) mass is 322 g/mol. The first-order valence-corrected chi connectivity index (χ1v) is 6.47. The van der Waals surface area contributed by atoms with E-state index in [9.17, 15) is 0 Å². The molecule has 6 nitrogen and oxygen atoms in total. The Hall–Kier alpha value is -1.89. The van der Waals surface area contributed by atoms with E-state index in [0.717, 1.165) is 15.7 Å². The Labute approximate surface area is 120 Å². The van der Waals surface area contributed by atoms with Crippen molar-refractivity contribution in [3.63, 3.8) is 0 Å². The Morgan fingerprint density at radius 2 is 1.95 bits per heavy atom. The standard InChI is InChI=1S/C12H15BrN6/c1-7-4-5-8(13)6-9(7)15-11-16-10(14)17-12(18-11)19(2)3/h4-6H,1-3H3,(H3,14,15,16,17,18). The summed E-state index contributed by atoms with van der Waals surface area (Å²) < 4.78 is 0.982. The molecule has 3 N–H and O–H groups in total. The highest BCUT2D eigenvalue weighted by molar-refractivity contribution is 9.10. The van der Waals surface area contributed by atoms with Gasteiger partial charge in [0.25, 0.3) is 0 Å². The number of halogens is 1. The molecule has 2 aromatic rings. The third kappa shape index (κ3) is 3.31. The zero-order valence-corrected chi connectivity index (χ0v) is 12.6. The van der Waals surface area contributed by atoms with Crippen LogP contribution in [0.4, 0.5) is 23.5 Å². The van der Waals surface area contributed by atoms with Crippen molar-refractivity contribution in [2.75, 3.05) is 30.0 Å². The number of nitrogen functional groups attached to an aromatic ring is 1. The number of hydrogen-bond donors (Lipinski definition) is 2. The summed E-state index contributed by atoms with van der Waals surface area (Å²) in [4.78, 5) is 14.2. The van der Waals surface area contributed by atoms with Gasteiger partial charge in [-0.2, -0.15) is 15.0 Å². The fraction of sp³-hybridized carbons (Fsp3) is 0.250. The molecule has 0 fully saturated rings. The molecule has 0 saturated heterocycles. The molecule has 0 saturated carbocycles. The second kappa shape index (κ2) is 5.40. The lowest BCUT2D eigenvalue weighted by Gasteiger charge is -2.13. The zero-order valence-electron chi connectivity index (χ0n) is 11.0. The molecular weight excluding hydrogens is 308 g/mol. The van der Waals surface area contributed by atoms with Crippen molar-refractivity contribution in [3.05, 3.63) is 28.2 Å². The van der Waals surface area contributed by atoms with Crippen molar-refractivity contribution in [1.29, 1.82) is 0 Å². The fourth-order valence-corrected chi connectivity index (χ4v) is 1.85. The quantitative estimate of drug-likeness (QED) is 0.902. The van der Waals surface area contributed by atoms with Gasteiger partial charge in [-0.3, -0.25) is 0 Å². The number of rotatable bonds is 3. The lowest BCUT2D eigenvalue weighted by atomic mass is 10.2. The van der Waals surface area contributed by atoms with Crippen molar-refractivity contribution in [1.82, 2.24) is 15.0 Å². The molecule has 0 radical (unpaired) electrons. The molecular formula is C12H15BrN6. The van der Waals surface area contributed by atoms with Crippen LogP contribution in [0.15, 0.2) is 22.7 Å². The Kier molecular flexibility index (Phi) is 3.84. The highest BCUT2D eigenvalue weighted by atomic mass is 79.9. The first-order chi connectivity index (χ1) is 8.95. The topological polar surface area (TPSA) is 80.0 Å². The smallest absolute Gasteiger partial charge is 0.233 e. The van der Waals surface area contributed by atoms with E-state index in [1.165, 1.54) is 0 Å². The molecule has 0 aliphatic heterocycles. The van der Waals surface area contributed by atoms with Gasteiger partial charge in [0, 0.05) is 24.3 Å². The predicted octanol–water partition coefficient (Wildman–Crippen LogP) is 2.33. The van der Waals surface area contributed by atoms with Crippen LogP contribution >= 0.6 is 15.9 Å². The van der Waals surface area contributed by atoms with E-state index in [-0.39, 0.29) is 5.95 Å². The van der Waals surface area contributed by atoms with Gasteiger partial charge in [0.1, 0.15) is 0 Å². The van der Waals surface area contributed by atoms with Gasteiger partial charge in [-0.25, -0.2) is 0 Å². The van der Waals surface area contributed by atoms with E-state index in [1.54, 1.807) is 4.90 Å². The second-order valence-electron chi connectivity index (χ2n) is 4.30. The number of hydrogen-bond acceptors (Lipinski definition) is 6. The third-order valence-corrected chi connectivity index (χ3v) is 2.98. The zero-order chi connectivity index (χ0) is 14.0. The molecule has 1 aromatic heterocycles. The predicted molar refractivity (Wildman–Crippen MR) is 80.7 cm³/mol. The number of nitrogens with one attached hydrogen (secondary N) is 1. The molecule has 0 bridgehead atoms. The van der Waals surface area contributed by atoms with Gasteiger partial charge in [0.05, 0.1) is 0 Å². The largest absolute Gasteiger partial charge is 0.368 e. The van der Waals surface area contributed by atoms with Gasteiger partial charge in [-0.15, -0.1) is 0 Å². The minimum Gasteiger partial charge on any atom is -0.368 e. The number of anilines is 4. The number of benzene rings is 1. The van der Waals surface area contributed by atoms with E-state index in [2.05, 4.69) is 36.2 Å². The molecule has 0 atom stereocenters. The molecule has 100 valence electrons. The third-order valence-electron chi connectivity index (χ3n) is 2.49. The molecule has 7 heteroatoms. The van der Waals surface area contributed by atoms with Crippen LogP contribution < -0.4 is 16.0 Å². The van der Waals surface area contributed by atoms with Crippen molar-refractivity contribution < 1.29 is 0 Å². The van der Waals surface area contributed by atoms with Crippen molar-refractivity contribution in [2.45, 2.75) is 6.92 Å². The van der Waals surface area contributed by atoms with E-state index >= 15 is 0 Å². The average molecular weight is 323 g/mol. The molecule has 2 rings (SSSR count). The van der Waals surface area contributed by atoms with Crippen LogP contribution in [0, 0.1) is 6.92 Å². The van der Waals surface area contributed by atoms with Crippen LogP contribution in [0.3, 0.4) is 0 Å². The normalized spacial score (nSPS) is 10.3. The highest BCUT2D eigenvalue weighted by Crippen LogP contribution is 2.23. The number of aromatic nitrogens is 3. The number of nitrogens with two attached hydrogens (primary N) is 1. The number of aryl methyl sites for hydroxylation is 1. The molecule has 0 spiro atoms. The Bertz CT molecular complexity index is 599. The van der Waals surface area contributed by atoms with Crippen LogP contribution in [0.2, 0.25) is 0 Å². The number of nitrogens with zero attached hydrogens (tertiary/aromatic N) is 4. The lowest BCUT2D eigenvalue weighted by Crippen LogP contribution is -2.15. The lowest BCUT2D eigenvalue weighted by molar-refractivity contribution is 0.969. The Balaban J connectivity index is 2.35. The maximum atomic E-state index is 5.68. The van der Waals surface area contributed by atoms with Crippen LogP contribution in [-0.4, -0.2) is 29.0 Å². The summed E-state index contributed by atoms with van der Waals surface area (Å²) in [5.74, 6) is 1.13. The van der Waals surface area contributed by atoms with Crippen LogP contribution in [0.5, 0.6) is 0 Å². The van der Waals surface area contributed by atoms with Crippen molar-refractivity contribution in [2.24, 2.45) is 0 Å². The molecule has 0 aliphatic carbocycles. The van der Waals surface area contributed by atoms with E-state index in [0.29, 0.717) is 11.9 Å². The van der Waals surface area contributed by atoms with Gasteiger partial charge in [-0.05, 0) is 24.6 Å². The van der Waals surface area contributed by atoms with Crippen LogP contribution in [0.1, 0.15) is 5.56 Å². The fourth-order valence-electron chi connectivity index (χ4n) is 1.49. The summed E-state index contributed by atoms with van der Waals surface area (Å²) in [6.45, 7) is 2.01. The summed E-state index contributed by atoms with van der Waals surface area (Å²) in [5.41, 5.74) is 7.69. The van der Waals surface area contributed by atoms with Gasteiger partial charge in [-0.1, -0.05) is 22.0 Å². The van der Waals surface area contributed by atoms with Crippen molar-refractivity contribution >= 4 is 39.5 Å². The molecule has 1 heterocycles.